The van der Waals surface area contributed by atoms with Crippen LogP contribution in [0.4, 0.5) is 11.4 Å². The average molecular weight is 257 g/mol. The summed E-state index contributed by atoms with van der Waals surface area (Å²) in [6, 6.07) is 7.86. The first-order valence-corrected chi connectivity index (χ1v) is 5.59. The highest BCUT2D eigenvalue weighted by Crippen LogP contribution is 2.29. The van der Waals surface area contributed by atoms with Crippen LogP contribution >= 0.6 is 0 Å². The van der Waals surface area contributed by atoms with Crippen LogP contribution in [-0.4, -0.2) is 4.92 Å². The van der Waals surface area contributed by atoms with E-state index in [0.29, 0.717) is 5.69 Å². The normalized spacial score (nSPS) is 11.6. The van der Waals surface area contributed by atoms with Gasteiger partial charge in [0.05, 0.1) is 35.1 Å². The fourth-order valence-electron chi connectivity index (χ4n) is 1.71. The highest BCUT2D eigenvalue weighted by molar-refractivity contribution is 5.64. The molecule has 0 radical (unpaired) electrons. The fourth-order valence-corrected chi connectivity index (χ4v) is 1.71. The van der Waals surface area contributed by atoms with Gasteiger partial charge in [0, 0.05) is 11.6 Å². The van der Waals surface area contributed by atoms with Crippen molar-refractivity contribution in [3.8, 4) is 6.07 Å². The van der Waals surface area contributed by atoms with Gasteiger partial charge in [-0.2, -0.15) is 5.26 Å². The van der Waals surface area contributed by atoms with Crippen molar-refractivity contribution in [1.82, 2.24) is 0 Å². The second-order valence-corrected chi connectivity index (χ2v) is 4.02. The number of nitrogens with zero attached hydrogens (tertiary/aromatic N) is 2. The molecule has 96 valence electrons. The third kappa shape index (κ3) is 2.72. The molecule has 1 heterocycles. The van der Waals surface area contributed by atoms with E-state index in [1.165, 1.54) is 18.2 Å². The van der Waals surface area contributed by atoms with E-state index < -0.39 is 4.92 Å². The number of nitro groups is 1. The van der Waals surface area contributed by atoms with Crippen molar-refractivity contribution in [3.05, 3.63) is 58.0 Å². The zero-order valence-electron chi connectivity index (χ0n) is 10.2. The molecule has 6 nitrogen and oxygen atoms in total. The Labute approximate surface area is 109 Å². The van der Waals surface area contributed by atoms with E-state index in [9.17, 15) is 10.1 Å². The van der Waals surface area contributed by atoms with Crippen LogP contribution in [0.1, 0.15) is 24.1 Å². The van der Waals surface area contributed by atoms with Crippen LogP contribution in [0.25, 0.3) is 0 Å². The van der Waals surface area contributed by atoms with Crippen molar-refractivity contribution in [1.29, 1.82) is 5.26 Å². The van der Waals surface area contributed by atoms with Crippen molar-refractivity contribution in [3.63, 3.8) is 0 Å². The number of anilines is 1. The molecule has 2 rings (SSSR count). The Balaban J connectivity index is 2.30. The van der Waals surface area contributed by atoms with Crippen LogP contribution < -0.4 is 5.32 Å². The first-order chi connectivity index (χ1) is 9.11. The van der Waals surface area contributed by atoms with Crippen molar-refractivity contribution >= 4 is 11.4 Å². The molecule has 1 aromatic heterocycles. The minimum atomic E-state index is -0.509. The molecule has 0 fully saturated rings. The summed E-state index contributed by atoms with van der Waals surface area (Å²) in [6.45, 7) is 1.87. The van der Waals surface area contributed by atoms with Crippen LogP contribution in [0.3, 0.4) is 0 Å². The van der Waals surface area contributed by atoms with Gasteiger partial charge in [-0.1, -0.05) is 0 Å². The first-order valence-electron chi connectivity index (χ1n) is 5.59. The van der Waals surface area contributed by atoms with Gasteiger partial charge in [-0.25, -0.2) is 0 Å². The predicted octanol–water partition coefficient (Wildman–Crippen LogP) is 3.23. The number of benzene rings is 1. The minimum absolute atomic E-state index is 0.116. The molecular formula is C13H11N3O3. The molecule has 0 aliphatic rings. The lowest BCUT2D eigenvalue weighted by Crippen LogP contribution is -2.07. The molecule has 0 saturated carbocycles. The number of rotatable bonds is 4. The Morgan fingerprint density at radius 1 is 1.47 bits per heavy atom. The molecule has 1 N–H and O–H groups in total. The van der Waals surface area contributed by atoms with Gasteiger partial charge in [0.1, 0.15) is 5.69 Å². The van der Waals surface area contributed by atoms with Gasteiger partial charge in [0.25, 0.3) is 5.69 Å². The molecule has 0 saturated heterocycles. The van der Waals surface area contributed by atoms with Crippen LogP contribution in [0, 0.1) is 21.4 Å². The fraction of sp³-hybridized carbons (Fsp3) is 0.154. The molecule has 6 heteroatoms. The Kier molecular flexibility index (Phi) is 3.48. The number of hydrogen-bond acceptors (Lipinski definition) is 5. The second kappa shape index (κ2) is 5.23. The van der Waals surface area contributed by atoms with Crippen LogP contribution in [0.5, 0.6) is 0 Å². The zero-order valence-corrected chi connectivity index (χ0v) is 10.2. The molecule has 0 aliphatic heterocycles. The van der Waals surface area contributed by atoms with Gasteiger partial charge < -0.3 is 9.73 Å². The zero-order chi connectivity index (χ0) is 13.8. The van der Waals surface area contributed by atoms with E-state index >= 15 is 0 Å². The minimum Gasteiger partial charge on any atom is -0.472 e. The lowest BCUT2D eigenvalue weighted by atomic mass is 10.1. The highest BCUT2D eigenvalue weighted by Gasteiger charge is 2.17. The molecule has 1 aromatic carbocycles. The van der Waals surface area contributed by atoms with E-state index in [-0.39, 0.29) is 17.3 Å². The van der Waals surface area contributed by atoms with Gasteiger partial charge in [-0.15, -0.1) is 0 Å². The number of nitriles is 1. The average Bonchev–Trinajstić information content (AvgIpc) is 2.92. The van der Waals surface area contributed by atoms with E-state index in [1.807, 2.05) is 13.0 Å². The number of nitrogens with one attached hydrogen (secondary N) is 1. The molecule has 2 aromatic rings. The lowest BCUT2D eigenvalue weighted by molar-refractivity contribution is -0.384. The maximum absolute atomic E-state index is 11.0. The van der Waals surface area contributed by atoms with Crippen molar-refractivity contribution < 1.29 is 9.34 Å². The maximum Gasteiger partial charge on any atom is 0.293 e. The van der Waals surface area contributed by atoms with Gasteiger partial charge in [-0.05, 0) is 25.1 Å². The smallest absolute Gasteiger partial charge is 0.293 e. The van der Waals surface area contributed by atoms with Crippen LogP contribution in [-0.2, 0) is 0 Å². The summed E-state index contributed by atoms with van der Waals surface area (Å²) in [5.41, 5.74) is 1.40. The monoisotopic (exact) mass is 257 g/mol. The molecule has 19 heavy (non-hydrogen) atoms. The summed E-state index contributed by atoms with van der Waals surface area (Å²) in [4.78, 5) is 10.5. The molecule has 0 amide bonds. The Hall–Kier alpha value is -2.81. The van der Waals surface area contributed by atoms with Gasteiger partial charge in [0.15, 0.2) is 0 Å². The number of nitro benzene ring substituents is 1. The number of hydrogen-bond donors (Lipinski definition) is 1. The van der Waals surface area contributed by atoms with Crippen LogP contribution in [0.15, 0.2) is 41.2 Å². The Morgan fingerprint density at radius 2 is 2.26 bits per heavy atom. The summed E-state index contributed by atoms with van der Waals surface area (Å²) in [6.07, 6.45) is 3.12. The standard InChI is InChI=1S/C13H11N3O3/c1-9(11-4-5-19-8-11)15-12-3-2-10(7-14)6-13(12)16(17)18/h2-6,8-9,15H,1H3. The third-order valence-corrected chi connectivity index (χ3v) is 2.74. The quantitative estimate of drug-likeness (QED) is 0.670. The molecular weight excluding hydrogens is 246 g/mol. The lowest BCUT2D eigenvalue weighted by Gasteiger charge is -2.13. The Bertz CT molecular complexity index is 629. The van der Waals surface area contributed by atoms with Crippen molar-refractivity contribution in [2.75, 3.05) is 5.32 Å². The molecule has 0 aliphatic carbocycles. The summed E-state index contributed by atoms with van der Waals surface area (Å²) in [5.74, 6) is 0. The van der Waals surface area contributed by atoms with Crippen molar-refractivity contribution in [2.24, 2.45) is 0 Å². The molecule has 1 atom stereocenters. The predicted molar refractivity (Wildman–Crippen MR) is 68.6 cm³/mol. The maximum atomic E-state index is 11.0. The first kappa shape index (κ1) is 12.6. The molecule has 0 bridgehead atoms. The summed E-state index contributed by atoms with van der Waals surface area (Å²) < 4.78 is 4.97. The van der Waals surface area contributed by atoms with E-state index in [0.717, 1.165) is 5.56 Å². The molecule has 0 spiro atoms. The van der Waals surface area contributed by atoms with Gasteiger partial charge >= 0.3 is 0 Å². The number of furan rings is 1. The summed E-state index contributed by atoms with van der Waals surface area (Å²) in [5, 5.41) is 22.8. The second-order valence-electron chi connectivity index (χ2n) is 4.02. The van der Waals surface area contributed by atoms with Gasteiger partial charge in [-0.3, -0.25) is 10.1 Å². The van der Waals surface area contributed by atoms with Crippen LogP contribution in [0.2, 0.25) is 0 Å². The third-order valence-electron chi connectivity index (χ3n) is 2.74. The largest absolute Gasteiger partial charge is 0.472 e. The van der Waals surface area contributed by atoms with E-state index in [4.69, 9.17) is 9.68 Å². The highest BCUT2D eigenvalue weighted by atomic mass is 16.6. The van der Waals surface area contributed by atoms with E-state index in [1.54, 1.807) is 18.6 Å². The Morgan fingerprint density at radius 3 is 2.84 bits per heavy atom. The summed E-state index contributed by atoms with van der Waals surface area (Å²) >= 11 is 0. The topological polar surface area (TPSA) is 92.1 Å². The van der Waals surface area contributed by atoms with Crippen molar-refractivity contribution in [2.45, 2.75) is 13.0 Å². The van der Waals surface area contributed by atoms with E-state index in [2.05, 4.69) is 5.32 Å². The van der Waals surface area contributed by atoms with Gasteiger partial charge in [0.2, 0.25) is 0 Å². The molecule has 1 unspecified atom stereocenters. The SMILES string of the molecule is CC(Nc1ccc(C#N)cc1[N+](=O)[O-])c1ccoc1. The summed E-state index contributed by atoms with van der Waals surface area (Å²) in [7, 11) is 0.